The summed E-state index contributed by atoms with van der Waals surface area (Å²) in [6.07, 6.45) is -4.53. The van der Waals surface area contributed by atoms with Gasteiger partial charge in [-0.3, -0.25) is 9.59 Å². The summed E-state index contributed by atoms with van der Waals surface area (Å²) in [7, 11) is 3.14. The van der Waals surface area contributed by atoms with Gasteiger partial charge in [-0.25, -0.2) is 0 Å². The van der Waals surface area contributed by atoms with Crippen molar-refractivity contribution in [1.82, 2.24) is 0 Å². The number of hydrogen-bond donors (Lipinski definition) is 4. The number of esters is 1. The van der Waals surface area contributed by atoms with Gasteiger partial charge in [0.15, 0.2) is 11.5 Å². The largest absolute Gasteiger partial charge is 0.493 e. The van der Waals surface area contributed by atoms with Crippen LogP contribution in [-0.2, 0) is 19.1 Å². The van der Waals surface area contributed by atoms with E-state index in [-0.39, 0.29) is 18.1 Å². The Kier molecular flexibility index (Phi) is 7.43. The molecule has 13 heteroatoms. The van der Waals surface area contributed by atoms with Crippen LogP contribution in [0.3, 0.4) is 0 Å². The SMILES string of the molecule is COc1ccc2c(c1OC)OC1c3cc4c(cc3OC3(CCCC3)C21)OC1OC(COC(=O)CC(=O)O)C(O)(CC#C4)C(O)C1O. The number of aliphatic hydroxyl groups excluding tert-OH is 2. The zero-order chi connectivity index (χ0) is 32.4. The van der Waals surface area contributed by atoms with Crippen LogP contribution in [-0.4, -0.2) is 89.0 Å². The second-order valence-electron chi connectivity index (χ2n) is 12.3. The molecule has 0 radical (unpaired) electrons. The predicted molar refractivity (Wildman–Crippen MR) is 155 cm³/mol. The molecule has 13 nitrogen and oxygen atoms in total. The smallest absolute Gasteiger partial charge is 0.317 e. The summed E-state index contributed by atoms with van der Waals surface area (Å²) in [4.78, 5) is 22.8. The highest BCUT2D eigenvalue weighted by Gasteiger charge is 2.59. The number of ether oxygens (including phenoxy) is 7. The number of fused-ring (bicyclic) bond motifs is 9. The summed E-state index contributed by atoms with van der Waals surface area (Å²) in [5.74, 6) is 5.67. The zero-order valence-corrected chi connectivity index (χ0v) is 25.2. The minimum atomic E-state index is -2.17. The lowest BCUT2D eigenvalue weighted by Gasteiger charge is -2.47. The lowest BCUT2D eigenvalue weighted by Crippen LogP contribution is -2.68. The van der Waals surface area contributed by atoms with Crippen LogP contribution in [0.15, 0.2) is 24.3 Å². The topological polar surface area (TPSA) is 180 Å². The monoisotopic (exact) mass is 638 g/mol. The fraction of sp³-hybridized carbons (Fsp3) is 0.515. The number of carboxylic acid groups (broad SMARTS) is 1. The molecule has 0 amide bonds. The third-order valence-electron chi connectivity index (χ3n) is 9.66. The van der Waals surface area contributed by atoms with Gasteiger partial charge in [-0.05, 0) is 37.8 Å². The Balaban J connectivity index is 1.27. The second kappa shape index (κ2) is 11.2. The van der Waals surface area contributed by atoms with Crippen molar-refractivity contribution in [3.05, 3.63) is 41.0 Å². The molecule has 5 aliphatic heterocycles. The van der Waals surface area contributed by atoms with E-state index in [0.29, 0.717) is 28.6 Å². The average Bonchev–Trinajstić information content (AvgIpc) is 3.66. The first-order valence-corrected chi connectivity index (χ1v) is 15.1. The van der Waals surface area contributed by atoms with Crippen molar-refractivity contribution in [1.29, 1.82) is 0 Å². The van der Waals surface area contributed by atoms with Crippen LogP contribution in [0.25, 0.3) is 0 Å². The van der Waals surface area contributed by atoms with Gasteiger partial charge >= 0.3 is 11.9 Å². The molecule has 1 spiro atoms. The van der Waals surface area contributed by atoms with Gasteiger partial charge in [-0.1, -0.05) is 17.9 Å². The highest BCUT2D eigenvalue weighted by molar-refractivity contribution is 5.90. The summed E-state index contributed by atoms with van der Waals surface area (Å²) in [5, 5.41) is 42.2. The van der Waals surface area contributed by atoms with E-state index in [2.05, 4.69) is 11.8 Å². The van der Waals surface area contributed by atoms with Gasteiger partial charge in [-0.2, -0.15) is 0 Å². The second-order valence-corrected chi connectivity index (χ2v) is 12.3. The Hall–Kier alpha value is -4.22. The van der Waals surface area contributed by atoms with E-state index in [1.54, 1.807) is 26.4 Å². The number of carbonyl (C=O) groups excluding carboxylic acids is 1. The van der Waals surface area contributed by atoms with Gasteiger partial charge in [0, 0.05) is 23.6 Å². The van der Waals surface area contributed by atoms with E-state index in [0.717, 1.165) is 36.8 Å². The Morgan fingerprint density at radius 3 is 2.54 bits per heavy atom. The lowest BCUT2D eigenvalue weighted by molar-refractivity contribution is -0.312. The number of methoxy groups -OCH3 is 2. The number of carbonyl (C=O) groups is 2. The van der Waals surface area contributed by atoms with E-state index in [1.165, 1.54) is 0 Å². The van der Waals surface area contributed by atoms with Crippen molar-refractivity contribution >= 4 is 11.9 Å². The van der Waals surface area contributed by atoms with Crippen LogP contribution in [0.2, 0.25) is 0 Å². The molecule has 4 N–H and O–H groups in total. The number of benzene rings is 2. The molecule has 8 rings (SSSR count). The molecule has 2 aromatic carbocycles. The molecule has 1 saturated heterocycles. The summed E-state index contributed by atoms with van der Waals surface area (Å²) >= 11 is 0. The number of carboxylic acids is 1. The summed E-state index contributed by atoms with van der Waals surface area (Å²) < 4.78 is 41.7. The van der Waals surface area contributed by atoms with Crippen LogP contribution in [0.4, 0.5) is 0 Å². The molecule has 7 unspecified atom stereocenters. The van der Waals surface area contributed by atoms with Crippen LogP contribution < -0.4 is 23.7 Å². The average molecular weight is 639 g/mol. The van der Waals surface area contributed by atoms with Crippen molar-refractivity contribution < 1.29 is 63.2 Å². The van der Waals surface area contributed by atoms with E-state index in [4.69, 9.17) is 38.3 Å². The van der Waals surface area contributed by atoms with Gasteiger partial charge < -0.3 is 53.6 Å². The van der Waals surface area contributed by atoms with Crippen LogP contribution in [0, 0.1) is 11.8 Å². The maximum atomic E-state index is 11.9. The molecule has 244 valence electrons. The quantitative estimate of drug-likeness (QED) is 0.205. The first-order chi connectivity index (χ1) is 22.1. The van der Waals surface area contributed by atoms with Gasteiger partial charge in [0.2, 0.25) is 12.0 Å². The summed E-state index contributed by atoms with van der Waals surface area (Å²) in [6.45, 7) is -0.605. The third kappa shape index (κ3) is 4.70. The highest BCUT2D eigenvalue weighted by atomic mass is 16.7. The Labute approximate surface area is 263 Å². The standard InChI is InChI=1S/C33H34O13/c1-40-19-8-7-17-25-27(45-28(17)29(19)41-2)18-12-16-6-5-11-33(39)22(15-42-24(36)14-23(34)35)44-31(26(37)30(33)38)43-20(16)13-21(18)46-32(25)9-3-4-10-32/h7-8,12-13,22,25-27,30-31,37-39H,3-4,9-11,14-15H2,1-2H3,(H,34,35). The van der Waals surface area contributed by atoms with Crippen molar-refractivity contribution in [3.63, 3.8) is 0 Å². The van der Waals surface area contributed by atoms with Crippen molar-refractivity contribution in [2.45, 2.75) is 86.4 Å². The minimum Gasteiger partial charge on any atom is -0.493 e. The van der Waals surface area contributed by atoms with E-state index in [1.807, 2.05) is 12.1 Å². The minimum absolute atomic E-state index is 0.134. The Morgan fingerprint density at radius 2 is 1.83 bits per heavy atom. The van der Waals surface area contributed by atoms with Crippen molar-refractivity contribution in [2.24, 2.45) is 0 Å². The molecule has 2 bridgehead atoms. The molecular formula is C33H34O13. The van der Waals surface area contributed by atoms with Crippen LogP contribution >= 0.6 is 0 Å². The first kappa shape index (κ1) is 30.4. The number of aliphatic hydroxyl groups is 3. The normalized spacial score (nSPS) is 31.0. The fourth-order valence-corrected chi connectivity index (χ4v) is 7.44. The van der Waals surface area contributed by atoms with Crippen molar-refractivity contribution in [2.75, 3.05) is 20.8 Å². The molecule has 2 fully saturated rings. The molecule has 5 heterocycles. The summed E-state index contributed by atoms with van der Waals surface area (Å²) in [6, 6.07) is 7.34. The summed E-state index contributed by atoms with van der Waals surface area (Å²) in [5.41, 5.74) is -0.606. The molecule has 1 saturated carbocycles. The number of aliphatic carboxylic acids is 1. The number of hydrogen-bond acceptors (Lipinski definition) is 12. The van der Waals surface area contributed by atoms with Gasteiger partial charge in [0.25, 0.3) is 0 Å². The maximum Gasteiger partial charge on any atom is 0.317 e. The fourth-order valence-electron chi connectivity index (χ4n) is 7.44. The third-order valence-corrected chi connectivity index (χ3v) is 9.66. The first-order valence-electron chi connectivity index (χ1n) is 15.1. The van der Waals surface area contributed by atoms with Gasteiger partial charge in [-0.15, -0.1) is 0 Å². The molecule has 2 aromatic rings. The molecular weight excluding hydrogens is 604 g/mol. The van der Waals surface area contributed by atoms with E-state index < -0.39 is 66.9 Å². The molecule has 6 aliphatic rings. The predicted octanol–water partition coefficient (Wildman–Crippen LogP) is 1.96. The lowest BCUT2D eigenvalue weighted by atomic mass is 9.74. The molecule has 1 aliphatic carbocycles. The zero-order valence-electron chi connectivity index (χ0n) is 25.2. The Morgan fingerprint density at radius 1 is 1.04 bits per heavy atom. The molecule has 7 atom stereocenters. The number of rotatable bonds is 6. The maximum absolute atomic E-state index is 11.9. The highest BCUT2D eigenvalue weighted by Crippen LogP contribution is 2.64. The van der Waals surface area contributed by atoms with Crippen LogP contribution in [0.1, 0.15) is 67.2 Å². The van der Waals surface area contributed by atoms with E-state index in [9.17, 15) is 24.9 Å². The molecule has 46 heavy (non-hydrogen) atoms. The van der Waals surface area contributed by atoms with E-state index >= 15 is 0 Å². The van der Waals surface area contributed by atoms with Gasteiger partial charge in [0.05, 0.1) is 25.7 Å². The molecule has 0 aromatic heterocycles. The van der Waals surface area contributed by atoms with Crippen LogP contribution in [0.5, 0.6) is 28.7 Å². The van der Waals surface area contributed by atoms with Crippen molar-refractivity contribution in [3.8, 4) is 40.6 Å². The van der Waals surface area contributed by atoms with Gasteiger partial charge in [0.1, 0.15) is 60.1 Å². The Bertz CT molecular complexity index is 1640.